The van der Waals surface area contributed by atoms with Crippen molar-refractivity contribution in [3.63, 3.8) is 0 Å². The average Bonchev–Trinajstić information content (AvgIpc) is 2.48. The maximum atomic E-state index is 11.5. The summed E-state index contributed by atoms with van der Waals surface area (Å²) >= 11 is 0. The number of hydrogen-bond acceptors (Lipinski definition) is 3. The number of likely N-dealkylation sites (N-methyl/N-ethyl adjacent to an activating group) is 1. The zero-order chi connectivity index (χ0) is 11.7. The van der Waals surface area contributed by atoms with Crippen LogP contribution in [0.4, 0.5) is 4.79 Å². The standard InChI is InChI=1S/C11H12N2O3/c1-12-9(10(14)13(16)11(12)15)7-8-5-3-2-4-6-8/h2-6,9,16H,7H2,1H3/t9-/m0/s1. The Bertz CT molecular complexity index is 418. The van der Waals surface area contributed by atoms with Gasteiger partial charge in [0.1, 0.15) is 6.04 Å². The molecule has 1 heterocycles. The highest BCUT2D eigenvalue weighted by molar-refractivity contribution is 6.02. The largest absolute Gasteiger partial charge is 0.351 e. The summed E-state index contributed by atoms with van der Waals surface area (Å²) in [6, 6.07) is 8.09. The van der Waals surface area contributed by atoms with Crippen LogP contribution in [0.15, 0.2) is 30.3 Å². The van der Waals surface area contributed by atoms with Crippen molar-refractivity contribution in [3.05, 3.63) is 35.9 Å². The lowest BCUT2D eigenvalue weighted by atomic mass is 10.1. The van der Waals surface area contributed by atoms with Gasteiger partial charge < -0.3 is 4.90 Å². The molecule has 0 unspecified atom stereocenters. The Kier molecular flexibility index (Phi) is 2.62. The highest BCUT2D eigenvalue weighted by Crippen LogP contribution is 2.17. The highest BCUT2D eigenvalue weighted by Gasteiger charge is 2.42. The van der Waals surface area contributed by atoms with E-state index in [2.05, 4.69) is 0 Å². The van der Waals surface area contributed by atoms with Gasteiger partial charge in [0.2, 0.25) is 0 Å². The number of carbonyl (C=O) groups excluding carboxylic acids is 2. The number of urea groups is 1. The van der Waals surface area contributed by atoms with E-state index in [1.54, 1.807) is 0 Å². The van der Waals surface area contributed by atoms with Crippen LogP contribution in [-0.2, 0) is 11.2 Å². The summed E-state index contributed by atoms with van der Waals surface area (Å²) < 4.78 is 0. The minimum absolute atomic E-state index is 0.174. The summed E-state index contributed by atoms with van der Waals surface area (Å²) in [6.45, 7) is 0. The van der Waals surface area contributed by atoms with Gasteiger partial charge in [-0.05, 0) is 5.56 Å². The quantitative estimate of drug-likeness (QED) is 0.594. The van der Waals surface area contributed by atoms with Crippen molar-refractivity contribution in [1.82, 2.24) is 9.96 Å². The third-order valence-electron chi connectivity index (χ3n) is 2.72. The highest BCUT2D eigenvalue weighted by atomic mass is 16.5. The Labute approximate surface area is 92.8 Å². The van der Waals surface area contributed by atoms with Crippen LogP contribution in [0.5, 0.6) is 0 Å². The molecular weight excluding hydrogens is 208 g/mol. The van der Waals surface area contributed by atoms with Gasteiger partial charge in [-0.25, -0.2) is 4.79 Å². The molecule has 1 aromatic carbocycles. The smallest absolute Gasteiger partial charge is 0.313 e. The van der Waals surface area contributed by atoms with Gasteiger partial charge in [0.15, 0.2) is 0 Å². The molecular formula is C11H12N2O3. The van der Waals surface area contributed by atoms with Crippen LogP contribution < -0.4 is 0 Å². The van der Waals surface area contributed by atoms with E-state index in [1.165, 1.54) is 11.9 Å². The topological polar surface area (TPSA) is 60.9 Å². The Hall–Kier alpha value is -1.88. The number of nitrogens with zero attached hydrogens (tertiary/aromatic N) is 2. The number of carbonyl (C=O) groups is 2. The molecule has 1 aliphatic rings. The SMILES string of the molecule is CN1C(=O)N(O)C(=O)[C@@H]1Cc1ccccc1. The number of amides is 3. The molecule has 2 rings (SSSR count). The van der Waals surface area contributed by atoms with Gasteiger partial charge in [0.25, 0.3) is 5.91 Å². The molecule has 0 spiro atoms. The van der Waals surface area contributed by atoms with Crippen LogP contribution >= 0.6 is 0 Å². The molecule has 0 saturated carbocycles. The van der Waals surface area contributed by atoms with Gasteiger partial charge in [0, 0.05) is 13.5 Å². The van der Waals surface area contributed by atoms with E-state index in [-0.39, 0.29) is 5.06 Å². The van der Waals surface area contributed by atoms with E-state index in [0.717, 1.165) is 5.56 Å². The van der Waals surface area contributed by atoms with E-state index >= 15 is 0 Å². The predicted octanol–water partition coefficient (Wildman–Crippen LogP) is 0.881. The molecule has 16 heavy (non-hydrogen) atoms. The molecule has 5 heteroatoms. The first-order chi connectivity index (χ1) is 7.61. The second-order valence-corrected chi connectivity index (χ2v) is 3.75. The predicted molar refractivity (Wildman–Crippen MR) is 55.7 cm³/mol. The van der Waals surface area contributed by atoms with Crippen molar-refractivity contribution < 1.29 is 14.8 Å². The molecule has 1 aliphatic heterocycles. The number of rotatable bonds is 2. The van der Waals surface area contributed by atoms with Crippen molar-refractivity contribution in [1.29, 1.82) is 0 Å². The van der Waals surface area contributed by atoms with Gasteiger partial charge in [-0.3, -0.25) is 10.0 Å². The zero-order valence-corrected chi connectivity index (χ0v) is 8.83. The number of imide groups is 1. The Balaban J connectivity index is 2.17. The van der Waals surface area contributed by atoms with E-state index in [1.807, 2.05) is 30.3 Å². The molecule has 0 radical (unpaired) electrons. The lowest BCUT2D eigenvalue weighted by Crippen LogP contribution is -2.33. The van der Waals surface area contributed by atoms with Crippen molar-refractivity contribution in [2.75, 3.05) is 7.05 Å². The van der Waals surface area contributed by atoms with Gasteiger partial charge in [-0.2, -0.15) is 0 Å². The van der Waals surface area contributed by atoms with Gasteiger partial charge >= 0.3 is 6.03 Å². The van der Waals surface area contributed by atoms with Crippen molar-refractivity contribution in [3.8, 4) is 0 Å². The van der Waals surface area contributed by atoms with Gasteiger partial charge in [-0.15, -0.1) is 5.06 Å². The lowest BCUT2D eigenvalue weighted by molar-refractivity contribution is -0.149. The molecule has 84 valence electrons. The number of benzene rings is 1. The van der Waals surface area contributed by atoms with Crippen LogP contribution in [-0.4, -0.2) is 40.2 Å². The van der Waals surface area contributed by atoms with E-state index in [4.69, 9.17) is 0 Å². The maximum absolute atomic E-state index is 11.5. The monoisotopic (exact) mass is 220 g/mol. The summed E-state index contributed by atoms with van der Waals surface area (Å²) in [4.78, 5) is 24.1. The minimum Gasteiger partial charge on any atom is -0.313 e. The molecule has 1 aromatic rings. The normalized spacial score (nSPS) is 20.8. The third-order valence-corrected chi connectivity index (χ3v) is 2.72. The van der Waals surface area contributed by atoms with E-state index in [9.17, 15) is 14.8 Å². The van der Waals surface area contributed by atoms with Crippen LogP contribution in [0, 0.1) is 0 Å². The Morgan fingerprint density at radius 3 is 2.38 bits per heavy atom. The van der Waals surface area contributed by atoms with E-state index < -0.39 is 18.0 Å². The van der Waals surface area contributed by atoms with Crippen molar-refractivity contribution in [2.24, 2.45) is 0 Å². The Morgan fingerprint density at radius 2 is 1.88 bits per heavy atom. The third kappa shape index (κ3) is 1.65. The summed E-state index contributed by atoms with van der Waals surface area (Å²) in [7, 11) is 1.50. The molecule has 1 N–H and O–H groups in total. The molecule has 1 saturated heterocycles. The summed E-state index contributed by atoms with van der Waals surface area (Å²) in [5.74, 6) is -0.573. The van der Waals surface area contributed by atoms with Crippen LogP contribution in [0.3, 0.4) is 0 Å². The number of hydroxylamine groups is 2. The lowest BCUT2D eigenvalue weighted by Gasteiger charge is -2.15. The van der Waals surface area contributed by atoms with Crippen molar-refractivity contribution in [2.45, 2.75) is 12.5 Å². The van der Waals surface area contributed by atoms with Crippen LogP contribution in [0.25, 0.3) is 0 Å². The molecule has 0 aliphatic carbocycles. The van der Waals surface area contributed by atoms with Crippen LogP contribution in [0.1, 0.15) is 5.56 Å². The molecule has 1 fully saturated rings. The fourth-order valence-electron chi connectivity index (χ4n) is 1.75. The second-order valence-electron chi connectivity index (χ2n) is 3.75. The minimum atomic E-state index is -0.675. The first-order valence-electron chi connectivity index (χ1n) is 4.95. The van der Waals surface area contributed by atoms with Gasteiger partial charge in [0.05, 0.1) is 0 Å². The van der Waals surface area contributed by atoms with E-state index in [0.29, 0.717) is 6.42 Å². The first-order valence-corrected chi connectivity index (χ1v) is 4.95. The molecule has 1 atom stereocenters. The van der Waals surface area contributed by atoms with Gasteiger partial charge in [-0.1, -0.05) is 30.3 Å². The fraction of sp³-hybridized carbons (Fsp3) is 0.273. The molecule has 0 aromatic heterocycles. The average molecular weight is 220 g/mol. The first kappa shape index (κ1) is 10.6. The fourth-order valence-corrected chi connectivity index (χ4v) is 1.75. The summed E-state index contributed by atoms with van der Waals surface area (Å²) in [5, 5.41) is 9.35. The Morgan fingerprint density at radius 1 is 1.25 bits per heavy atom. The molecule has 3 amide bonds. The molecule has 0 bridgehead atoms. The molecule has 5 nitrogen and oxygen atoms in total. The second kappa shape index (κ2) is 3.94. The van der Waals surface area contributed by atoms with Crippen molar-refractivity contribution >= 4 is 11.9 Å². The number of hydrogen-bond donors (Lipinski definition) is 1. The maximum Gasteiger partial charge on any atom is 0.351 e. The zero-order valence-electron chi connectivity index (χ0n) is 8.83. The summed E-state index contributed by atoms with van der Waals surface area (Å²) in [5.41, 5.74) is 0.954. The summed E-state index contributed by atoms with van der Waals surface area (Å²) in [6.07, 6.45) is 0.416. The van der Waals surface area contributed by atoms with Crippen LogP contribution in [0.2, 0.25) is 0 Å².